The third kappa shape index (κ3) is 3.61. The SMILES string of the molecule is [2H]c1c([2H])c(Cl)c([2H])c(N2CCN(C([2H])([2H])CCn3nc4c([2H])c([2H])c([2H])c([2H])n4c3=O)CC2)c1[2H]. The van der Waals surface area contributed by atoms with Crippen LogP contribution in [-0.4, -0.2) is 51.8 Å². The second-order valence-corrected chi connectivity index (χ2v) is 6.07. The van der Waals surface area contributed by atoms with Gasteiger partial charge < -0.3 is 4.90 Å². The molecule has 3 heterocycles. The van der Waals surface area contributed by atoms with Gasteiger partial charge in [-0.05, 0) is 36.6 Å². The van der Waals surface area contributed by atoms with Crippen molar-refractivity contribution in [1.82, 2.24) is 19.1 Å². The number of fused-ring (bicyclic) bond motifs is 1. The van der Waals surface area contributed by atoms with Gasteiger partial charge in [-0.2, -0.15) is 0 Å². The van der Waals surface area contributed by atoms with Crippen LogP contribution in [0.4, 0.5) is 5.69 Å². The maximum Gasteiger partial charge on any atom is 0.350 e. The van der Waals surface area contributed by atoms with E-state index in [1.54, 1.807) is 9.80 Å². The highest BCUT2D eigenvalue weighted by Gasteiger charge is 2.17. The Labute approximate surface area is 171 Å². The molecule has 3 aromatic rings. The molecule has 26 heavy (non-hydrogen) atoms. The largest absolute Gasteiger partial charge is 0.369 e. The van der Waals surface area contributed by atoms with Gasteiger partial charge in [-0.1, -0.05) is 23.7 Å². The molecule has 0 spiro atoms. The van der Waals surface area contributed by atoms with Crippen molar-refractivity contribution in [3.8, 4) is 0 Å². The van der Waals surface area contributed by atoms with Crippen molar-refractivity contribution in [2.75, 3.05) is 37.6 Å². The Morgan fingerprint density at radius 3 is 2.85 bits per heavy atom. The number of hydrogen-bond acceptors (Lipinski definition) is 4. The first kappa shape index (κ1) is 9.06. The number of anilines is 1. The number of aromatic nitrogens is 3. The monoisotopic (exact) mass is 381 g/mol. The van der Waals surface area contributed by atoms with Gasteiger partial charge in [-0.25, -0.2) is 9.48 Å². The van der Waals surface area contributed by atoms with Crippen LogP contribution in [0.15, 0.2) is 53.3 Å². The van der Waals surface area contributed by atoms with Gasteiger partial charge in [0, 0.05) is 58.8 Å². The van der Waals surface area contributed by atoms with E-state index < -0.39 is 36.5 Å². The minimum absolute atomic E-state index is 0.136. The van der Waals surface area contributed by atoms with Crippen molar-refractivity contribution in [3.63, 3.8) is 0 Å². The van der Waals surface area contributed by atoms with Crippen molar-refractivity contribution in [2.24, 2.45) is 0 Å². The standard InChI is InChI=1S/C19H22ClN5O/c20-16-5-3-6-17(15-16)23-13-11-22(12-14-23)8-4-10-25-19(26)24-9-2-1-7-18(24)21-25/h1-3,5-7,9,15H,4,8,10-14H2/i1D,2D,3D,5D,6D,7D,8D2,9D,15D. The fourth-order valence-corrected chi connectivity index (χ4v) is 2.92. The minimum Gasteiger partial charge on any atom is -0.369 e. The normalized spacial score (nSPS) is 21.7. The van der Waals surface area contributed by atoms with Gasteiger partial charge in [0.1, 0.15) is 0 Å². The van der Waals surface area contributed by atoms with Crippen molar-refractivity contribution < 1.29 is 13.7 Å². The van der Waals surface area contributed by atoms with Gasteiger partial charge in [-0.3, -0.25) is 9.30 Å². The lowest BCUT2D eigenvalue weighted by atomic mass is 10.2. The van der Waals surface area contributed by atoms with E-state index >= 15 is 0 Å². The predicted molar refractivity (Wildman–Crippen MR) is 104 cm³/mol. The summed E-state index contributed by atoms with van der Waals surface area (Å²) >= 11 is 6.00. The summed E-state index contributed by atoms with van der Waals surface area (Å²) in [5.41, 5.74) is -0.884. The Morgan fingerprint density at radius 1 is 1.15 bits per heavy atom. The zero-order valence-corrected chi connectivity index (χ0v) is 14.5. The van der Waals surface area contributed by atoms with Crippen LogP contribution < -0.4 is 10.6 Å². The van der Waals surface area contributed by atoms with E-state index in [4.69, 9.17) is 25.3 Å². The first-order valence-electron chi connectivity index (χ1n) is 13.1. The topological polar surface area (TPSA) is 45.8 Å². The van der Waals surface area contributed by atoms with E-state index in [9.17, 15) is 4.79 Å². The number of benzene rings is 1. The molecule has 7 heteroatoms. The van der Waals surface area contributed by atoms with Crippen LogP contribution in [-0.2, 0) is 6.54 Å². The number of halogens is 1. The Balaban J connectivity index is 1.49. The molecule has 0 bridgehead atoms. The van der Waals surface area contributed by atoms with Crippen LogP contribution in [0.1, 0.15) is 20.1 Å². The summed E-state index contributed by atoms with van der Waals surface area (Å²) in [5.74, 6) is 0. The molecule has 1 fully saturated rings. The molecule has 0 aliphatic carbocycles. The van der Waals surface area contributed by atoms with Gasteiger partial charge in [0.15, 0.2) is 5.65 Å². The van der Waals surface area contributed by atoms with Gasteiger partial charge >= 0.3 is 5.69 Å². The van der Waals surface area contributed by atoms with Crippen molar-refractivity contribution in [1.29, 1.82) is 0 Å². The van der Waals surface area contributed by atoms with Crippen LogP contribution >= 0.6 is 11.6 Å². The molecule has 0 unspecified atom stereocenters. The Morgan fingerprint density at radius 2 is 2.00 bits per heavy atom. The van der Waals surface area contributed by atoms with Crippen LogP contribution in [0.2, 0.25) is 5.02 Å². The highest BCUT2D eigenvalue weighted by atomic mass is 35.5. The summed E-state index contributed by atoms with van der Waals surface area (Å²) in [4.78, 5) is 15.9. The molecular weight excluding hydrogens is 350 g/mol. The number of hydrogen-bond donors (Lipinski definition) is 0. The van der Waals surface area contributed by atoms with E-state index in [2.05, 4.69) is 5.10 Å². The molecule has 1 aromatic carbocycles. The first-order chi connectivity index (χ1) is 16.8. The molecule has 0 radical (unpaired) electrons. The average Bonchev–Trinajstić information content (AvgIpc) is 3.19. The van der Waals surface area contributed by atoms with Gasteiger partial charge in [0.25, 0.3) is 0 Å². The summed E-state index contributed by atoms with van der Waals surface area (Å²) in [5, 5.41) is 3.79. The molecule has 4 rings (SSSR count). The maximum absolute atomic E-state index is 12.7. The molecular formula is C19H22ClN5O. The van der Waals surface area contributed by atoms with Gasteiger partial charge in [-0.15, -0.1) is 5.10 Å². The molecule has 0 amide bonds. The van der Waals surface area contributed by atoms with Crippen molar-refractivity contribution in [3.05, 3.63) is 64.0 Å². The number of pyridine rings is 1. The summed E-state index contributed by atoms with van der Waals surface area (Å²) in [6.45, 7) is -1.09. The predicted octanol–water partition coefficient (Wildman–Crippen LogP) is 2.36. The highest BCUT2D eigenvalue weighted by Crippen LogP contribution is 2.20. The second-order valence-electron chi connectivity index (χ2n) is 5.70. The zero-order chi connectivity index (χ0) is 26.7. The summed E-state index contributed by atoms with van der Waals surface area (Å²) in [6, 6.07) is -2.76. The summed E-state index contributed by atoms with van der Waals surface area (Å²) in [6.07, 6.45) is -0.707. The van der Waals surface area contributed by atoms with Crippen LogP contribution in [0.25, 0.3) is 5.65 Å². The molecule has 6 nitrogen and oxygen atoms in total. The smallest absolute Gasteiger partial charge is 0.350 e. The maximum atomic E-state index is 12.7. The molecule has 0 N–H and O–H groups in total. The average molecular weight is 382 g/mol. The van der Waals surface area contributed by atoms with E-state index in [-0.39, 0.29) is 79.7 Å². The minimum atomic E-state index is -1.87. The summed E-state index contributed by atoms with van der Waals surface area (Å²) < 4.78 is 82.1. The second kappa shape index (κ2) is 7.51. The Bertz CT molecular complexity index is 1390. The number of piperazine rings is 1. The summed E-state index contributed by atoms with van der Waals surface area (Å²) in [7, 11) is 0. The molecule has 1 aliphatic rings. The zero-order valence-electron chi connectivity index (χ0n) is 23.8. The van der Waals surface area contributed by atoms with Crippen molar-refractivity contribution >= 4 is 22.9 Å². The van der Waals surface area contributed by atoms with Gasteiger partial charge in [0.05, 0.1) is 11.0 Å². The lowest BCUT2D eigenvalue weighted by molar-refractivity contribution is 0.248. The molecule has 0 saturated carbocycles. The third-order valence-corrected chi connectivity index (χ3v) is 4.27. The quantitative estimate of drug-likeness (QED) is 0.680. The number of aryl methyl sites for hydroxylation is 1. The van der Waals surface area contributed by atoms with E-state index in [1.807, 2.05) is 0 Å². The number of rotatable bonds is 5. The fraction of sp³-hybridized carbons (Fsp3) is 0.368. The van der Waals surface area contributed by atoms with E-state index in [0.717, 1.165) is 9.08 Å². The molecule has 1 saturated heterocycles. The first-order valence-corrected chi connectivity index (χ1v) is 8.47. The molecule has 2 aromatic heterocycles. The Kier molecular flexibility index (Phi) is 2.62. The number of nitrogens with zero attached hydrogens (tertiary/aromatic N) is 5. The van der Waals surface area contributed by atoms with E-state index in [0.29, 0.717) is 0 Å². The van der Waals surface area contributed by atoms with Crippen LogP contribution in [0.3, 0.4) is 0 Å². The fourth-order valence-electron chi connectivity index (χ4n) is 2.78. The lowest BCUT2D eigenvalue weighted by Gasteiger charge is -2.36. The molecule has 136 valence electrons. The Hall–Kier alpha value is -2.31. The van der Waals surface area contributed by atoms with Crippen molar-refractivity contribution in [2.45, 2.75) is 13.0 Å². The van der Waals surface area contributed by atoms with E-state index in [1.165, 1.54) is 0 Å². The van der Waals surface area contributed by atoms with Crippen LogP contribution in [0, 0.1) is 0 Å². The van der Waals surface area contributed by atoms with Crippen LogP contribution in [0.5, 0.6) is 0 Å². The van der Waals surface area contributed by atoms with Gasteiger partial charge in [0.2, 0.25) is 0 Å². The highest BCUT2D eigenvalue weighted by molar-refractivity contribution is 6.30. The third-order valence-electron chi connectivity index (χ3n) is 4.08. The molecule has 0 atom stereocenters. The molecule has 1 aliphatic heterocycles. The lowest BCUT2D eigenvalue weighted by Crippen LogP contribution is -2.46.